The Morgan fingerprint density at radius 1 is 1.05 bits per heavy atom. The second-order valence-electron chi connectivity index (χ2n) is 9.41. The second-order valence-corrected chi connectivity index (χ2v) is 11.4. The fourth-order valence-electron chi connectivity index (χ4n) is 5.25. The van der Waals surface area contributed by atoms with Crippen molar-refractivity contribution in [3.63, 3.8) is 0 Å². The van der Waals surface area contributed by atoms with Gasteiger partial charge in [0.25, 0.3) is 5.56 Å². The number of allylic oxidation sites excluding steroid dienone is 1. The Labute approximate surface area is 233 Å². The molecule has 0 spiro atoms. The molecule has 0 aliphatic carbocycles. The summed E-state index contributed by atoms with van der Waals surface area (Å²) in [6, 6.07) is 22.0. The third-order valence-electron chi connectivity index (χ3n) is 7.07. The van der Waals surface area contributed by atoms with Crippen LogP contribution in [0.25, 0.3) is 17.0 Å². The van der Waals surface area contributed by atoms with E-state index in [1.54, 1.807) is 11.5 Å². The number of rotatable bonds is 6. The molecule has 4 heterocycles. The predicted octanol–water partition coefficient (Wildman–Crippen LogP) is 5.17. The third kappa shape index (κ3) is 4.39. The number of fused-ring (bicyclic) bond motifs is 2. The summed E-state index contributed by atoms with van der Waals surface area (Å²) in [5.41, 5.74) is 5.26. The van der Waals surface area contributed by atoms with Crippen molar-refractivity contribution >= 4 is 45.6 Å². The highest BCUT2D eigenvalue weighted by Crippen LogP contribution is 2.33. The van der Waals surface area contributed by atoms with Crippen LogP contribution in [0.2, 0.25) is 0 Å². The van der Waals surface area contributed by atoms with Crippen LogP contribution in [0, 0.1) is 6.92 Å². The average Bonchev–Trinajstić information content (AvgIpc) is 3.64. The van der Waals surface area contributed by atoms with Crippen LogP contribution in [0.3, 0.4) is 0 Å². The lowest BCUT2D eigenvalue weighted by atomic mass is 10.0. The summed E-state index contributed by atoms with van der Waals surface area (Å²) in [7, 11) is 0. The molecule has 0 saturated carbocycles. The number of nitrogens with zero attached hydrogens (tertiary/aromatic N) is 3. The molecule has 6 rings (SSSR count). The highest BCUT2D eigenvalue weighted by atomic mass is 32.1. The van der Waals surface area contributed by atoms with Crippen LogP contribution in [-0.4, -0.2) is 21.7 Å². The Kier molecular flexibility index (Phi) is 6.66. The first-order valence-electron chi connectivity index (χ1n) is 12.8. The lowest BCUT2D eigenvalue weighted by molar-refractivity contribution is -0.139. The van der Waals surface area contributed by atoms with Gasteiger partial charge in [-0.05, 0) is 49.9 Å². The monoisotopic (exact) mass is 553 g/mol. The first-order chi connectivity index (χ1) is 19.0. The summed E-state index contributed by atoms with van der Waals surface area (Å²) in [4.78, 5) is 33.2. The SMILES string of the molecule is CCOC(=O)C1=C(C)N=c2s/c(=C/c3c(C)n(Cc4ccccc4)c4ccccc34)c(=O)n2[C@H]1c1cccs1. The van der Waals surface area contributed by atoms with Gasteiger partial charge >= 0.3 is 5.97 Å². The molecule has 0 unspecified atom stereocenters. The van der Waals surface area contributed by atoms with E-state index in [1.165, 1.54) is 28.2 Å². The summed E-state index contributed by atoms with van der Waals surface area (Å²) in [6.07, 6.45) is 1.98. The number of ether oxygens (including phenoxy) is 1. The van der Waals surface area contributed by atoms with E-state index in [1.807, 2.05) is 48.7 Å². The Morgan fingerprint density at radius 3 is 2.56 bits per heavy atom. The molecule has 196 valence electrons. The van der Waals surface area contributed by atoms with Gasteiger partial charge < -0.3 is 9.30 Å². The number of carbonyl (C=O) groups is 1. The number of hydrogen-bond acceptors (Lipinski definition) is 6. The smallest absolute Gasteiger partial charge is 0.338 e. The molecule has 0 radical (unpaired) electrons. The molecule has 3 aromatic heterocycles. The minimum atomic E-state index is -0.567. The lowest BCUT2D eigenvalue weighted by Gasteiger charge is -2.23. The topological polar surface area (TPSA) is 65.6 Å². The molecule has 1 atom stereocenters. The minimum Gasteiger partial charge on any atom is -0.463 e. The molecule has 0 fully saturated rings. The Morgan fingerprint density at radius 2 is 1.82 bits per heavy atom. The van der Waals surface area contributed by atoms with Crippen molar-refractivity contribution in [1.29, 1.82) is 0 Å². The number of esters is 1. The van der Waals surface area contributed by atoms with Crippen molar-refractivity contribution in [3.05, 3.63) is 125 Å². The van der Waals surface area contributed by atoms with Gasteiger partial charge in [0, 0.05) is 33.6 Å². The van der Waals surface area contributed by atoms with E-state index < -0.39 is 12.0 Å². The Bertz CT molecular complexity index is 1910. The zero-order chi connectivity index (χ0) is 27.1. The maximum Gasteiger partial charge on any atom is 0.338 e. The molecule has 8 heteroatoms. The van der Waals surface area contributed by atoms with E-state index in [2.05, 4.69) is 47.9 Å². The van der Waals surface area contributed by atoms with Gasteiger partial charge in [0.15, 0.2) is 4.80 Å². The molecule has 0 amide bonds. The lowest BCUT2D eigenvalue weighted by Crippen LogP contribution is -2.39. The van der Waals surface area contributed by atoms with E-state index in [0.717, 1.165) is 33.6 Å². The summed E-state index contributed by atoms with van der Waals surface area (Å²) in [5, 5.41) is 3.05. The van der Waals surface area contributed by atoms with Crippen LogP contribution in [-0.2, 0) is 16.1 Å². The first kappa shape index (κ1) is 25.3. The van der Waals surface area contributed by atoms with Crippen molar-refractivity contribution in [2.75, 3.05) is 6.61 Å². The molecular weight excluding hydrogens is 526 g/mol. The molecule has 0 saturated heterocycles. The predicted molar refractivity (Wildman–Crippen MR) is 157 cm³/mol. The van der Waals surface area contributed by atoms with Crippen LogP contribution in [0.5, 0.6) is 0 Å². The molecule has 1 aliphatic rings. The summed E-state index contributed by atoms with van der Waals surface area (Å²) >= 11 is 2.87. The van der Waals surface area contributed by atoms with Crippen molar-refractivity contribution in [2.45, 2.75) is 33.4 Å². The van der Waals surface area contributed by atoms with E-state index in [0.29, 0.717) is 20.6 Å². The van der Waals surface area contributed by atoms with Crippen molar-refractivity contribution in [1.82, 2.24) is 9.13 Å². The maximum atomic E-state index is 14.0. The third-order valence-corrected chi connectivity index (χ3v) is 8.98. The molecule has 0 N–H and O–H groups in total. The first-order valence-corrected chi connectivity index (χ1v) is 14.5. The van der Waals surface area contributed by atoms with Crippen LogP contribution in [0.4, 0.5) is 0 Å². The second kappa shape index (κ2) is 10.3. The molecular formula is C31H27N3O3S2. The van der Waals surface area contributed by atoms with Gasteiger partial charge in [0.1, 0.15) is 6.04 Å². The van der Waals surface area contributed by atoms with Gasteiger partial charge in [-0.2, -0.15) is 0 Å². The number of thiazole rings is 1. The highest BCUT2D eigenvalue weighted by molar-refractivity contribution is 7.10. The van der Waals surface area contributed by atoms with Gasteiger partial charge in [-0.3, -0.25) is 9.36 Å². The Hall–Kier alpha value is -4.01. The largest absolute Gasteiger partial charge is 0.463 e. The zero-order valence-electron chi connectivity index (χ0n) is 21.9. The molecule has 39 heavy (non-hydrogen) atoms. The van der Waals surface area contributed by atoms with Crippen LogP contribution in [0.1, 0.15) is 41.6 Å². The van der Waals surface area contributed by atoms with Gasteiger partial charge in [0.05, 0.1) is 22.4 Å². The number of thiophene rings is 1. The van der Waals surface area contributed by atoms with Crippen molar-refractivity contribution < 1.29 is 9.53 Å². The van der Waals surface area contributed by atoms with Crippen LogP contribution in [0.15, 0.2) is 93.2 Å². The van der Waals surface area contributed by atoms with Crippen molar-refractivity contribution in [3.8, 4) is 0 Å². The van der Waals surface area contributed by atoms with E-state index >= 15 is 0 Å². The highest BCUT2D eigenvalue weighted by Gasteiger charge is 2.34. The zero-order valence-corrected chi connectivity index (χ0v) is 23.5. The maximum absolute atomic E-state index is 14.0. The minimum absolute atomic E-state index is 0.161. The van der Waals surface area contributed by atoms with Gasteiger partial charge in [-0.25, -0.2) is 9.79 Å². The molecule has 6 nitrogen and oxygen atoms in total. The quantitative estimate of drug-likeness (QED) is 0.273. The van der Waals surface area contributed by atoms with Crippen LogP contribution >= 0.6 is 22.7 Å². The molecule has 1 aliphatic heterocycles. The number of benzene rings is 2. The fraction of sp³-hybridized carbons (Fsp3) is 0.194. The van der Waals surface area contributed by atoms with Crippen molar-refractivity contribution in [2.24, 2.45) is 4.99 Å². The summed E-state index contributed by atoms with van der Waals surface area (Å²) in [5.74, 6) is -0.439. The van der Waals surface area contributed by atoms with Gasteiger partial charge in [-0.1, -0.05) is 65.9 Å². The summed E-state index contributed by atoms with van der Waals surface area (Å²) in [6.45, 7) is 6.68. The standard InChI is InChI=1S/C31H27N3O3S2/c1-4-37-30(36)27-19(2)32-31-34(28(27)25-15-10-16-38-25)29(35)26(39-31)17-23-20(3)33(18-21-11-6-5-7-12-21)24-14-9-8-13-22(23)24/h5-17,28H,4,18H2,1-3H3/b26-17+/t28-/m0/s1. The summed E-state index contributed by atoms with van der Waals surface area (Å²) < 4.78 is 9.91. The number of hydrogen-bond donors (Lipinski definition) is 0. The van der Waals surface area contributed by atoms with E-state index in [-0.39, 0.29) is 12.2 Å². The number of aromatic nitrogens is 2. The van der Waals surface area contributed by atoms with Gasteiger partial charge in [0.2, 0.25) is 0 Å². The molecule has 5 aromatic rings. The van der Waals surface area contributed by atoms with Crippen LogP contribution < -0.4 is 14.9 Å². The van der Waals surface area contributed by atoms with Gasteiger partial charge in [-0.15, -0.1) is 11.3 Å². The normalized spacial score (nSPS) is 15.5. The fourth-order valence-corrected chi connectivity index (χ4v) is 7.10. The average molecular weight is 554 g/mol. The molecule has 2 aromatic carbocycles. The van der Waals surface area contributed by atoms with E-state index in [4.69, 9.17) is 9.73 Å². The van der Waals surface area contributed by atoms with E-state index in [9.17, 15) is 9.59 Å². The molecule has 0 bridgehead atoms. The number of para-hydroxylation sites is 1. The Balaban J connectivity index is 1.54. The number of carbonyl (C=O) groups excluding carboxylic acids is 1.